The molecule has 2 aromatic heterocycles. The van der Waals surface area contributed by atoms with E-state index in [0.717, 1.165) is 18.5 Å². The van der Waals surface area contributed by atoms with Crippen molar-refractivity contribution in [3.8, 4) is 23.1 Å². The van der Waals surface area contributed by atoms with Crippen molar-refractivity contribution < 1.29 is 18.7 Å². The van der Waals surface area contributed by atoms with Crippen molar-refractivity contribution in [3.05, 3.63) is 42.4 Å². The Morgan fingerprint density at radius 2 is 1.96 bits per heavy atom. The van der Waals surface area contributed by atoms with Crippen molar-refractivity contribution in [2.75, 3.05) is 19.5 Å². The number of anilines is 1. The van der Waals surface area contributed by atoms with Crippen molar-refractivity contribution >= 4 is 11.6 Å². The van der Waals surface area contributed by atoms with Crippen LogP contribution in [0, 0.1) is 0 Å². The van der Waals surface area contributed by atoms with Gasteiger partial charge in [0.05, 0.1) is 14.2 Å². The largest absolute Gasteiger partial charge is 0.497 e. The van der Waals surface area contributed by atoms with E-state index in [1.54, 1.807) is 37.0 Å². The third-order valence-electron chi connectivity index (χ3n) is 4.89. The number of rotatable bonds is 7. The molecule has 1 aliphatic carbocycles. The topological polar surface area (TPSA) is 91.4 Å². The van der Waals surface area contributed by atoms with Gasteiger partial charge in [-0.1, -0.05) is 6.42 Å². The molecule has 8 nitrogen and oxygen atoms in total. The molecule has 0 bridgehead atoms. The molecular formula is C20H22N4O4. The maximum Gasteiger partial charge on any atom is 0.264 e. The summed E-state index contributed by atoms with van der Waals surface area (Å²) in [5.41, 5.74) is 1.32. The predicted molar refractivity (Wildman–Crippen MR) is 102 cm³/mol. The third-order valence-corrected chi connectivity index (χ3v) is 4.89. The summed E-state index contributed by atoms with van der Waals surface area (Å²) in [6.07, 6.45) is 5.20. The Balaban J connectivity index is 1.47. The number of nitrogens with zero attached hydrogens (tertiary/aromatic N) is 3. The van der Waals surface area contributed by atoms with Gasteiger partial charge in [-0.15, -0.1) is 10.2 Å². The van der Waals surface area contributed by atoms with Crippen LogP contribution in [0.25, 0.3) is 11.6 Å². The molecule has 3 aromatic rings. The number of carbonyl (C=O) groups is 1. The number of benzene rings is 1. The number of hydrogen-bond donors (Lipinski definition) is 1. The first kappa shape index (κ1) is 18.1. The molecule has 1 aromatic carbocycles. The van der Waals surface area contributed by atoms with Crippen molar-refractivity contribution in [3.63, 3.8) is 0 Å². The van der Waals surface area contributed by atoms with E-state index in [-0.39, 0.29) is 12.5 Å². The van der Waals surface area contributed by atoms with E-state index in [0.29, 0.717) is 34.9 Å². The second-order valence-corrected chi connectivity index (χ2v) is 6.74. The van der Waals surface area contributed by atoms with Crippen molar-refractivity contribution in [1.29, 1.82) is 0 Å². The smallest absolute Gasteiger partial charge is 0.264 e. The summed E-state index contributed by atoms with van der Waals surface area (Å²) in [6.45, 7) is 0.114. The Bertz CT molecular complexity index is 952. The van der Waals surface area contributed by atoms with Gasteiger partial charge in [0.2, 0.25) is 11.8 Å². The van der Waals surface area contributed by atoms with Crippen LogP contribution in [0.5, 0.6) is 11.5 Å². The number of ether oxygens (including phenoxy) is 2. The summed E-state index contributed by atoms with van der Waals surface area (Å²) in [7, 11) is 3.13. The van der Waals surface area contributed by atoms with Gasteiger partial charge in [-0.3, -0.25) is 4.79 Å². The molecule has 0 saturated heterocycles. The number of amides is 1. The maximum atomic E-state index is 12.6. The standard InChI is InChI=1S/C20H22N4O4/c1-26-15-9-14(10-16(11-15)27-2)21-18(25)12-24-8-4-7-17(24)20-23-22-19(28-20)13-5-3-6-13/h4,7-11,13H,3,5-6,12H2,1-2H3,(H,21,25). The number of hydrogen-bond acceptors (Lipinski definition) is 6. The van der Waals surface area contributed by atoms with Crippen molar-refractivity contribution in [2.24, 2.45) is 0 Å². The molecule has 1 N–H and O–H groups in total. The summed E-state index contributed by atoms with van der Waals surface area (Å²) in [5.74, 6) is 2.50. The van der Waals surface area contributed by atoms with Crippen LogP contribution in [0.15, 0.2) is 40.9 Å². The molecule has 4 rings (SSSR count). The first-order valence-corrected chi connectivity index (χ1v) is 9.18. The molecule has 8 heteroatoms. The molecule has 0 aliphatic heterocycles. The molecule has 1 aliphatic rings. The second-order valence-electron chi connectivity index (χ2n) is 6.74. The molecule has 1 fully saturated rings. The summed E-state index contributed by atoms with van der Waals surface area (Å²) < 4.78 is 18.1. The minimum Gasteiger partial charge on any atom is -0.497 e. The van der Waals surface area contributed by atoms with Crippen LogP contribution in [-0.2, 0) is 11.3 Å². The number of methoxy groups -OCH3 is 2. The molecule has 0 radical (unpaired) electrons. The fourth-order valence-corrected chi connectivity index (χ4v) is 3.14. The summed E-state index contributed by atoms with van der Waals surface area (Å²) in [5, 5.41) is 11.2. The van der Waals surface area contributed by atoms with Gasteiger partial charge in [0.1, 0.15) is 23.7 Å². The van der Waals surface area contributed by atoms with E-state index in [1.807, 2.05) is 18.3 Å². The number of nitrogens with one attached hydrogen (secondary N) is 1. The zero-order valence-electron chi connectivity index (χ0n) is 15.8. The predicted octanol–water partition coefficient (Wildman–Crippen LogP) is 3.46. The Labute approximate surface area is 162 Å². The Morgan fingerprint density at radius 1 is 1.21 bits per heavy atom. The van der Waals surface area contributed by atoms with E-state index in [4.69, 9.17) is 13.9 Å². The summed E-state index contributed by atoms with van der Waals surface area (Å²) >= 11 is 0. The van der Waals surface area contributed by atoms with Gasteiger partial charge < -0.3 is 23.8 Å². The second kappa shape index (κ2) is 7.75. The van der Waals surface area contributed by atoms with E-state index < -0.39 is 0 Å². The summed E-state index contributed by atoms with van der Waals surface area (Å²) in [6, 6.07) is 8.93. The summed E-state index contributed by atoms with van der Waals surface area (Å²) in [4.78, 5) is 12.6. The highest BCUT2D eigenvalue weighted by Gasteiger charge is 2.26. The van der Waals surface area contributed by atoms with Crippen LogP contribution in [0.3, 0.4) is 0 Å². The van der Waals surface area contributed by atoms with Crippen molar-refractivity contribution in [1.82, 2.24) is 14.8 Å². The van der Waals surface area contributed by atoms with Crippen molar-refractivity contribution in [2.45, 2.75) is 31.7 Å². The lowest BCUT2D eigenvalue weighted by atomic mass is 9.85. The van der Waals surface area contributed by atoms with E-state index >= 15 is 0 Å². The van der Waals surface area contributed by atoms with Gasteiger partial charge in [0.15, 0.2) is 0 Å². The monoisotopic (exact) mass is 382 g/mol. The molecule has 1 saturated carbocycles. The van der Waals surface area contributed by atoms with Gasteiger partial charge in [0, 0.05) is 36.0 Å². The van der Waals surface area contributed by atoms with Crippen LogP contribution >= 0.6 is 0 Å². The fourth-order valence-electron chi connectivity index (χ4n) is 3.14. The lowest BCUT2D eigenvalue weighted by molar-refractivity contribution is -0.116. The molecule has 146 valence electrons. The molecule has 0 unspecified atom stereocenters. The Kier molecular flexibility index (Phi) is 5.01. The van der Waals surface area contributed by atoms with Crippen LogP contribution in [0.4, 0.5) is 5.69 Å². The van der Waals surface area contributed by atoms with Crippen LogP contribution < -0.4 is 14.8 Å². The normalized spacial score (nSPS) is 13.8. The highest BCUT2D eigenvalue weighted by Crippen LogP contribution is 2.36. The molecule has 0 atom stereocenters. The number of carbonyl (C=O) groups excluding carboxylic acids is 1. The zero-order valence-corrected chi connectivity index (χ0v) is 15.8. The average Bonchev–Trinajstić information content (AvgIpc) is 3.29. The Hall–Kier alpha value is -3.29. The SMILES string of the molecule is COc1cc(NC(=O)Cn2cccc2-c2nnc(C3CCC3)o2)cc(OC)c1. The van der Waals surface area contributed by atoms with Crippen LogP contribution in [0.2, 0.25) is 0 Å². The fraction of sp³-hybridized carbons (Fsp3) is 0.350. The minimum absolute atomic E-state index is 0.114. The number of aromatic nitrogens is 3. The average molecular weight is 382 g/mol. The maximum absolute atomic E-state index is 12.6. The van der Waals surface area contributed by atoms with Gasteiger partial charge in [-0.05, 0) is 25.0 Å². The molecule has 28 heavy (non-hydrogen) atoms. The quantitative estimate of drug-likeness (QED) is 0.673. The van der Waals surface area contributed by atoms with E-state index in [9.17, 15) is 4.79 Å². The van der Waals surface area contributed by atoms with E-state index in [2.05, 4.69) is 15.5 Å². The highest BCUT2D eigenvalue weighted by molar-refractivity contribution is 5.91. The van der Waals surface area contributed by atoms with Gasteiger partial charge in [0.25, 0.3) is 5.89 Å². The highest BCUT2D eigenvalue weighted by atomic mass is 16.5. The molecular weight excluding hydrogens is 360 g/mol. The lowest BCUT2D eigenvalue weighted by Gasteiger charge is -2.20. The van der Waals surface area contributed by atoms with Gasteiger partial charge >= 0.3 is 0 Å². The van der Waals surface area contributed by atoms with Crippen LogP contribution in [0.1, 0.15) is 31.1 Å². The van der Waals surface area contributed by atoms with Gasteiger partial charge in [-0.2, -0.15) is 0 Å². The molecule has 1 amide bonds. The Morgan fingerprint density at radius 3 is 2.61 bits per heavy atom. The zero-order chi connectivity index (χ0) is 19.5. The minimum atomic E-state index is -0.188. The molecule has 0 spiro atoms. The van der Waals surface area contributed by atoms with Crippen LogP contribution in [-0.4, -0.2) is 34.9 Å². The third kappa shape index (κ3) is 3.71. The lowest BCUT2D eigenvalue weighted by Crippen LogP contribution is -2.18. The van der Waals surface area contributed by atoms with Gasteiger partial charge in [-0.25, -0.2) is 0 Å². The molecule has 2 heterocycles. The first-order valence-electron chi connectivity index (χ1n) is 9.18. The van der Waals surface area contributed by atoms with E-state index in [1.165, 1.54) is 6.42 Å². The first-order chi connectivity index (χ1) is 13.7.